The summed E-state index contributed by atoms with van der Waals surface area (Å²) in [6.07, 6.45) is -1.67. The third-order valence-corrected chi connectivity index (χ3v) is 4.05. The van der Waals surface area contributed by atoms with Crippen LogP contribution in [0.15, 0.2) is 0 Å². The molecule has 0 aliphatic carbocycles. The van der Waals surface area contributed by atoms with Crippen LogP contribution < -0.4 is 5.32 Å². The Morgan fingerprint density at radius 2 is 1.38 bits per heavy atom. The van der Waals surface area contributed by atoms with Crippen molar-refractivity contribution in [3.8, 4) is 0 Å². The second kappa shape index (κ2) is 10.6. The Balaban J connectivity index is 5.48. The Bertz CT molecular complexity index is 603. The lowest BCUT2D eigenvalue weighted by Gasteiger charge is -2.30. The maximum atomic E-state index is 13.1. The number of Topliss-reactive ketones (excluding diaryl/α,β-unsaturated/α-hetero) is 1. The molecular formula is C21H37NO7. The van der Waals surface area contributed by atoms with Gasteiger partial charge in [0, 0.05) is 0 Å². The number of hydrogen-bond donors (Lipinski definition) is 2. The summed E-state index contributed by atoms with van der Waals surface area (Å²) in [6, 6.07) is -0.972. The lowest BCUT2D eigenvalue weighted by atomic mass is 9.81. The Hall–Kier alpha value is -2.12. The number of ether oxygens (including phenoxy) is 2. The maximum absolute atomic E-state index is 13.1. The normalized spacial score (nSPS) is 14.3. The van der Waals surface area contributed by atoms with E-state index in [0.717, 1.165) is 0 Å². The van der Waals surface area contributed by atoms with Gasteiger partial charge in [-0.15, -0.1) is 0 Å². The molecular weight excluding hydrogens is 378 g/mol. The minimum atomic E-state index is -1.64. The van der Waals surface area contributed by atoms with Gasteiger partial charge in [0.05, 0.1) is 6.04 Å². The van der Waals surface area contributed by atoms with E-state index in [1.807, 2.05) is 27.7 Å². The van der Waals surface area contributed by atoms with Crippen LogP contribution in [0.1, 0.15) is 75.2 Å². The molecule has 8 heteroatoms. The summed E-state index contributed by atoms with van der Waals surface area (Å²) in [7, 11) is 0. The lowest BCUT2D eigenvalue weighted by Crippen LogP contribution is -2.51. The van der Waals surface area contributed by atoms with Crippen LogP contribution in [0.4, 0.5) is 4.79 Å². The molecule has 0 saturated carbocycles. The summed E-state index contributed by atoms with van der Waals surface area (Å²) in [5, 5.41) is 11.8. The molecule has 168 valence electrons. The summed E-state index contributed by atoms with van der Waals surface area (Å²) in [6.45, 7) is 15.2. The van der Waals surface area contributed by atoms with Crippen LogP contribution in [0.2, 0.25) is 0 Å². The first-order chi connectivity index (χ1) is 13.0. The van der Waals surface area contributed by atoms with E-state index in [-0.39, 0.29) is 18.3 Å². The van der Waals surface area contributed by atoms with Crippen molar-refractivity contribution in [1.82, 2.24) is 5.32 Å². The zero-order chi connectivity index (χ0) is 23.2. The second-order valence-electron chi connectivity index (χ2n) is 9.68. The van der Waals surface area contributed by atoms with Crippen molar-refractivity contribution in [2.45, 2.75) is 92.9 Å². The van der Waals surface area contributed by atoms with Crippen LogP contribution in [0.5, 0.6) is 0 Å². The number of alkyl carbamates (subject to hydrolysis) is 1. The van der Waals surface area contributed by atoms with Gasteiger partial charge in [0.15, 0.2) is 11.9 Å². The number of carboxylic acid groups (broad SMARTS) is 1. The molecule has 0 aromatic rings. The van der Waals surface area contributed by atoms with Gasteiger partial charge >= 0.3 is 18.0 Å². The highest BCUT2D eigenvalue weighted by Crippen LogP contribution is 2.25. The van der Waals surface area contributed by atoms with Gasteiger partial charge in [0.1, 0.15) is 11.0 Å². The maximum Gasteiger partial charge on any atom is 0.408 e. The van der Waals surface area contributed by atoms with Crippen LogP contribution in [-0.2, 0) is 23.9 Å². The fourth-order valence-corrected chi connectivity index (χ4v) is 2.59. The monoisotopic (exact) mass is 415 g/mol. The summed E-state index contributed by atoms with van der Waals surface area (Å²) < 4.78 is 10.4. The van der Waals surface area contributed by atoms with Gasteiger partial charge in [-0.25, -0.2) is 9.59 Å². The molecule has 0 spiro atoms. The number of nitrogens with one attached hydrogen (secondary N) is 1. The van der Waals surface area contributed by atoms with E-state index in [2.05, 4.69) is 5.32 Å². The molecule has 0 fully saturated rings. The zero-order valence-electron chi connectivity index (χ0n) is 19.1. The van der Waals surface area contributed by atoms with Crippen molar-refractivity contribution >= 4 is 23.8 Å². The SMILES string of the molecule is CC(C)C[C@H](NC(=O)OC(C)(C)C)C(=O)C(C)(C)C(=O)O[C@@H](CC(C)C)C(=O)O. The minimum absolute atomic E-state index is 0.00904. The fourth-order valence-electron chi connectivity index (χ4n) is 2.59. The molecule has 0 radical (unpaired) electrons. The predicted molar refractivity (Wildman–Crippen MR) is 108 cm³/mol. The van der Waals surface area contributed by atoms with Crippen molar-refractivity contribution in [2.75, 3.05) is 0 Å². The topological polar surface area (TPSA) is 119 Å². The molecule has 1 amide bonds. The van der Waals surface area contributed by atoms with Crippen LogP contribution in [0.3, 0.4) is 0 Å². The minimum Gasteiger partial charge on any atom is -0.479 e. The van der Waals surface area contributed by atoms with Gasteiger partial charge in [-0.3, -0.25) is 9.59 Å². The molecule has 0 bridgehead atoms. The molecule has 2 N–H and O–H groups in total. The van der Waals surface area contributed by atoms with Crippen LogP contribution in [0, 0.1) is 17.3 Å². The molecule has 0 saturated heterocycles. The highest BCUT2D eigenvalue weighted by Gasteiger charge is 2.44. The molecule has 0 unspecified atom stereocenters. The van der Waals surface area contributed by atoms with E-state index in [9.17, 15) is 24.3 Å². The van der Waals surface area contributed by atoms with E-state index in [4.69, 9.17) is 9.47 Å². The second-order valence-corrected chi connectivity index (χ2v) is 9.68. The quantitative estimate of drug-likeness (QED) is 0.413. The predicted octanol–water partition coefficient (Wildman–Crippen LogP) is 3.56. The number of hydrogen-bond acceptors (Lipinski definition) is 6. The third-order valence-electron chi connectivity index (χ3n) is 4.05. The highest BCUT2D eigenvalue weighted by molar-refractivity contribution is 6.06. The lowest BCUT2D eigenvalue weighted by molar-refractivity contribution is -0.173. The molecule has 29 heavy (non-hydrogen) atoms. The Morgan fingerprint density at radius 1 is 0.897 bits per heavy atom. The number of carbonyl (C=O) groups excluding carboxylic acids is 3. The third kappa shape index (κ3) is 9.76. The largest absolute Gasteiger partial charge is 0.479 e. The number of ketones is 1. The molecule has 0 heterocycles. The van der Waals surface area contributed by atoms with Gasteiger partial charge < -0.3 is 19.9 Å². The van der Waals surface area contributed by atoms with E-state index >= 15 is 0 Å². The van der Waals surface area contributed by atoms with Crippen molar-refractivity contribution in [2.24, 2.45) is 17.3 Å². The molecule has 0 aromatic heterocycles. The van der Waals surface area contributed by atoms with E-state index in [1.165, 1.54) is 13.8 Å². The van der Waals surface area contributed by atoms with Crippen molar-refractivity contribution in [3.63, 3.8) is 0 Å². The molecule has 0 rings (SSSR count). The van der Waals surface area contributed by atoms with Gasteiger partial charge in [-0.05, 0) is 59.3 Å². The van der Waals surface area contributed by atoms with E-state index < -0.39 is 47.0 Å². The summed E-state index contributed by atoms with van der Waals surface area (Å²) in [5.41, 5.74) is -2.38. The first-order valence-corrected chi connectivity index (χ1v) is 9.95. The first-order valence-electron chi connectivity index (χ1n) is 9.95. The number of amides is 1. The molecule has 0 aromatic carbocycles. The van der Waals surface area contributed by atoms with Crippen molar-refractivity contribution in [1.29, 1.82) is 0 Å². The average molecular weight is 416 g/mol. The van der Waals surface area contributed by atoms with E-state index in [1.54, 1.807) is 20.8 Å². The van der Waals surface area contributed by atoms with E-state index in [0.29, 0.717) is 6.42 Å². The standard InChI is InChI=1S/C21H37NO7/c1-12(2)10-14(22-19(27)29-20(5,6)7)16(23)21(8,9)18(26)28-15(17(24)25)11-13(3)4/h12-15H,10-11H2,1-9H3,(H,22,27)(H,24,25)/t14-,15-/m0/s1. The smallest absolute Gasteiger partial charge is 0.408 e. The summed E-state index contributed by atoms with van der Waals surface area (Å²) in [4.78, 5) is 49.3. The molecule has 0 aliphatic rings. The van der Waals surface area contributed by atoms with Crippen molar-refractivity contribution < 1.29 is 33.8 Å². The number of esters is 1. The first kappa shape index (κ1) is 26.9. The zero-order valence-corrected chi connectivity index (χ0v) is 19.1. The number of carboxylic acids is 1. The van der Waals surface area contributed by atoms with Crippen LogP contribution in [-0.4, -0.2) is 46.7 Å². The molecule has 8 nitrogen and oxygen atoms in total. The number of aliphatic carboxylic acids is 1. The Morgan fingerprint density at radius 3 is 1.76 bits per heavy atom. The Kier molecular flexibility index (Phi) is 9.82. The molecule has 0 aliphatic heterocycles. The molecule has 2 atom stereocenters. The number of rotatable bonds is 10. The van der Waals surface area contributed by atoms with Crippen LogP contribution >= 0.6 is 0 Å². The van der Waals surface area contributed by atoms with Gasteiger partial charge in [0.2, 0.25) is 0 Å². The highest BCUT2D eigenvalue weighted by atomic mass is 16.6. The van der Waals surface area contributed by atoms with Gasteiger partial charge in [-0.2, -0.15) is 0 Å². The fraction of sp³-hybridized carbons (Fsp3) is 0.810. The average Bonchev–Trinajstić information content (AvgIpc) is 2.49. The van der Waals surface area contributed by atoms with Crippen LogP contribution in [0.25, 0.3) is 0 Å². The summed E-state index contributed by atoms with van der Waals surface area (Å²) >= 11 is 0. The number of carbonyl (C=O) groups is 4. The van der Waals surface area contributed by atoms with Crippen molar-refractivity contribution in [3.05, 3.63) is 0 Å². The Labute approximate surface area is 173 Å². The summed E-state index contributed by atoms with van der Waals surface area (Å²) in [5.74, 6) is -2.71. The van der Waals surface area contributed by atoms with Gasteiger partial charge in [0.25, 0.3) is 0 Å². The van der Waals surface area contributed by atoms with Gasteiger partial charge in [-0.1, -0.05) is 27.7 Å².